The largest absolute Gasteiger partial charge is 0.366 e. The molecule has 90 valence electrons. The summed E-state index contributed by atoms with van der Waals surface area (Å²) in [4.78, 5) is 15.0. The normalized spacial score (nSPS) is 10.7. The Kier molecular flexibility index (Phi) is 3.53. The number of nitrogens with two attached hydrogens (primary N) is 1. The molecule has 1 aromatic carbocycles. The van der Waals surface area contributed by atoms with Crippen molar-refractivity contribution in [2.75, 3.05) is 0 Å². The Morgan fingerprint density at radius 3 is 2.44 bits per heavy atom. The quantitative estimate of drug-likeness (QED) is 0.835. The van der Waals surface area contributed by atoms with Crippen molar-refractivity contribution in [3.8, 4) is 11.3 Å². The van der Waals surface area contributed by atoms with Gasteiger partial charge in [0, 0.05) is 17.8 Å². The molecule has 2 N–H and O–H groups in total. The molecule has 2 rings (SSSR count). The van der Waals surface area contributed by atoms with E-state index in [0.29, 0.717) is 0 Å². The van der Waals surface area contributed by atoms with Gasteiger partial charge in [0.05, 0.1) is 5.69 Å². The molecule has 0 aliphatic heterocycles. The van der Waals surface area contributed by atoms with Gasteiger partial charge < -0.3 is 5.73 Å². The second-order valence-electron chi connectivity index (χ2n) is 4.08. The molecule has 0 spiro atoms. The van der Waals surface area contributed by atoms with Crippen LogP contribution in [0.5, 0.6) is 0 Å². The summed E-state index contributed by atoms with van der Waals surface area (Å²) in [5.41, 5.74) is 9.10. The second-order valence-corrected chi connectivity index (χ2v) is 4.08. The molecular formula is C15H14N2O. The molecule has 1 amide bonds. The minimum absolute atomic E-state index is 0.445. The number of rotatable bonds is 3. The first-order chi connectivity index (χ1) is 8.65. The molecule has 0 atom stereocenters. The van der Waals surface area contributed by atoms with Crippen LogP contribution in [0.25, 0.3) is 17.3 Å². The summed E-state index contributed by atoms with van der Waals surface area (Å²) in [5.74, 6) is -0.445. The van der Waals surface area contributed by atoms with E-state index in [-0.39, 0.29) is 0 Å². The van der Waals surface area contributed by atoms with Gasteiger partial charge in [0.2, 0.25) is 5.91 Å². The third-order valence-corrected chi connectivity index (χ3v) is 2.56. The first-order valence-electron chi connectivity index (χ1n) is 5.66. The van der Waals surface area contributed by atoms with Gasteiger partial charge in [0.25, 0.3) is 0 Å². The molecule has 0 fully saturated rings. The topological polar surface area (TPSA) is 56.0 Å². The van der Waals surface area contributed by atoms with Gasteiger partial charge >= 0.3 is 0 Å². The zero-order valence-corrected chi connectivity index (χ0v) is 10.1. The fourth-order valence-electron chi connectivity index (χ4n) is 1.58. The van der Waals surface area contributed by atoms with Crippen molar-refractivity contribution in [3.63, 3.8) is 0 Å². The van der Waals surface area contributed by atoms with Gasteiger partial charge in [0.15, 0.2) is 0 Å². The number of amides is 1. The highest BCUT2D eigenvalue weighted by Gasteiger charge is 1.98. The fourth-order valence-corrected chi connectivity index (χ4v) is 1.58. The van der Waals surface area contributed by atoms with E-state index in [0.717, 1.165) is 22.4 Å². The Morgan fingerprint density at radius 1 is 1.17 bits per heavy atom. The molecular weight excluding hydrogens is 224 g/mol. The molecule has 0 unspecified atom stereocenters. The predicted molar refractivity (Wildman–Crippen MR) is 72.6 cm³/mol. The number of pyridine rings is 1. The zero-order chi connectivity index (χ0) is 13.0. The zero-order valence-electron chi connectivity index (χ0n) is 10.1. The lowest BCUT2D eigenvalue weighted by molar-refractivity contribution is -0.113. The van der Waals surface area contributed by atoms with E-state index >= 15 is 0 Å². The van der Waals surface area contributed by atoms with Crippen molar-refractivity contribution in [1.82, 2.24) is 4.98 Å². The summed E-state index contributed by atoms with van der Waals surface area (Å²) in [6.07, 6.45) is 4.88. The second kappa shape index (κ2) is 5.27. The summed E-state index contributed by atoms with van der Waals surface area (Å²) in [6, 6.07) is 11.8. The summed E-state index contributed by atoms with van der Waals surface area (Å²) in [5, 5.41) is 0. The van der Waals surface area contributed by atoms with Crippen LogP contribution in [0, 0.1) is 6.92 Å². The van der Waals surface area contributed by atoms with E-state index in [2.05, 4.69) is 4.98 Å². The van der Waals surface area contributed by atoms with Crippen LogP contribution in [0.3, 0.4) is 0 Å². The molecule has 0 aliphatic carbocycles. The molecule has 3 heteroatoms. The van der Waals surface area contributed by atoms with Crippen LogP contribution in [0.2, 0.25) is 0 Å². The Morgan fingerprint density at radius 2 is 1.89 bits per heavy atom. The van der Waals surface area contributed by atoms with E-state index < -0.39 is 5.91 Å². The molecule has 3 nitrogen and oxygen atoms in total. The maximum absolute atomic E-state index is 10.6. The van der Waals surface area contributed by atoms with E-state index in [1.54, 1.807) is 6.08 Å². The lowest BCUT2D eigenvalue weighted by Gasteiger charge is -2.01. The molecule has 0 saturated carbocycles. The Hall–Kier alpha value is -2.42. The van der Waals surface area contributed by atoms with Crippen LogP contribution in [-0.2, 0) is 4.79 Å². The van der Waals surface area contributed by atoms with Crippen molar-refractivity contribution in [2.24, 2.45) is 5.73 Å². The van der Waals surface area contributed by atoms with Crippen LogP contribution >= 0.6 is 0 Å². The Balaban J connectivity index is 2.22. The van der Waals surface area contributed by atoms with Crippen LogP contribution in [0.15, 0.2) is 48.7 Å². The monoisotopic (exact) mass is 238 g/mol. The van der Waals surface area contributed by atoms with E-state index in [4.69, 9.17) is 5.73 Å². The number of hydrogen-bond acceptors (Lipinski definition) is 2. The van der Waals surface area contributed by atoms with Crippen LogP contribution in [-0.4, -0.2) is 10.9 Å². The van der Waals surface area contributed by atoms with Crippen LogP contribution < -0.4 is 5.73 Å². The predicted octanol–water partition coefficient (Wildman–Crippen LogP) is 2.56. The van der Waals surface area contributed by atoms with Gasteiger partial charge in [-0.2, -0.15) is 0 Å². The van der Waals surface area contributed by atoms with Crippen LogP contribution in [0.4, 0.5) is 0 Å². The maximum atomic E-state index is 10.6. The molecule has 0 saturated heterocycles. The van der Waals surface area contributed by atoms with Crippen molar-refractivity contribution in [2.45, 2.75) is 6.92 Å². The lowest BCUT2D eigenvalue weighted by atomic mass is 10.1. The molecule has 0 radical (unpaired) electrons. The van der Waals surface area contributed by atoms with E-state index in [1.165, 1.54) is 6.08 Å². The number of carbonyl (C=O) groups excluding carboxylic acids is 1. The van der Waals surface area contributed by atoms with Crippen LogP contribution in [0.1, 0.15) is 11.1 Å². The fraction of sp³-hybridized carbons (Fsp3) is 0.0667. The first kappa shape index (κ1) is 12.0. The molecule has 18 heavy (non-hydrogen) atoms. The van der Waals surface area contributed by atoms with Gasteiger partial charge in [-0.25, -0.2) is 0 Å². The maximum Gasteiger partial charge on any atom is 0.241 e. The standard InChI is InChI=1S/C15H14N2O/c1-11-2-8-14(17-10-11)13-6-3-12(4-7-13)5-9-15(16)18/h2-10H,1H3,(H2,16,18)/b9-5+. The minimum Gasteiger partial charge on any atom is -0.366 e. The average Bonchev–Trinajstić information content (AvgIpc) is 2.38. The number of aryl methyl sites for hydroxylation is 1. The van der Waals surface area contributed by atoms with Gasteiger partial charge in [-0.3, -0.25) is 9.78 Å². The van der Waals surface area contributed by atoms with Gasteiger partial charge in [-0.05, 0) is 30.2 Å². The SMILES string of the molecule is Cc1ccc(-c2ccc(/C=C/C(N)=O)cc2)nc1. The van der Waals surface area contributed by atoms with Crippen molar-refractivity contribution < 1.29 is 4.79 Å². The molecule has 1 aromatic heterocycles. The van der Waals surface area contributed by atoms with Crippen molar-refractivity contribution in [1.29, 1.82) is 0 Å². The minimum atomic E-state index is -0.445. The molecule has 2 aromatic rings. The summed E-state index contributed by atoms with van der Waals surface area (Å²) < 4.78 is 0. The number of carbonyl (C=O) groups is 1. The summed E-state index contributed by atoms with van der Waals surface area (Å²) in [7, 11) is 0. The van der Waals surface area contributed by atoms with Gasteiger partial charge in [0.1, 0.15) is 0 Å². The van der Waals surface area contributed by atoms with Crippen molar-refractivity contribution in [3.05, 3.63) is 59.8 Å². The summed E-state index contributed by atoms with van der Waals surface area (Å²) in [6.45, 7) is 2.01. The highest BCUT2D eigenvalue weighted by Crippen LogP contribution is 2.18. The number of benzene rings is 1. The van der Waals surface area contributed by atoms with Gasteiger partial charge in [-0.15, -0.1) is 0 Å². The third-order valence-electron chi connectivity index (χ3n) is 2.56. The Bertz CT molecular complexity index is 568. The van der Waals surface area contributed by atoms with Crippen molar-refractivity contribution >= 4 is 12.0 Å². The number of aromatic nitrogens is 1. The highest BCUT2D eigenvalue weighted by atomic mass is 16.1. The highest BCUT2D eigenvalue weighted by molar-refractivity contribution is 5.90. The first-order valence-corrected chi connectivity index (χ1v) is 5.66. The third kappa shape index (κ3) is 3.04. The molecule has 0 bridgehead atoms. The number of primary amides is 1. The van der Waals surface area contributed by atoms with E-state index in [1.807, 2.05) is 49.5 Å². The summed E-state index contributed by atoms with van der Waals surface area (Å²) >= 11 is 0. The number of nitrogens with zero attached hydrogens (tertiary/aromatic N) is 1. The molecule has 0 aliphatic rings. The lowest BCUT2D eigenvalue weighted by Crippen LogP contribution is -2.04. The van der Waals surface area contributed by atoms with E-state index in [9.17, 15) is 4.79 Å². The van der Waals surface area contributed by atoms with Gasteiger partial charge in [-0.1, -0.05) is 30.3 Å². The Labute approximate surface area is 106 Å². The number of hydrogen-bond donors (Lipinski definition) is 1. The smallest absolute Gasteiger partial charge is 0.241 e. The molecule has 1 heterocycles. The average molecular weight is 238 g/mol.